The van der Waals surface area contributed by atoms with Crippen LogP contribution < -0.4 is 9.80 Å². The highest BCUT2D eigenvalue weighted by atomic mass is 79.9. The third-order valence-corrected chi connectivity index (χ3v) is 8.36. The molecule has 0 spiro atoms. The molecule has 0 bridgehead atoms. The largest absolute Gasteiger partial charge is 0.447 e. The predicted octanol–water partition coefficient (Wildman–Crippen LogP) is 4.74. The normalized spacial score (nSPS) is 18.7. The quantitative estimate of drug-likeness (QED) is 0.291. The lowest BCUT2D eigenvalue weighted by molar-refractivity contribution is -0.139. The number of carbonyl (C=O) groups is 3. The molecule has 0 aliphatic carbocycles. The molecule has 0 aromatic heterocycles. The molecule has 2 N–H and O–H groups in total. The van der Waals surface area contributed by atoms with Gasteiger partial charge in [0.25, 0.3) is 5.91 Å². The third-order valence-electron chi connectivity index (χ3n) is 7.87. The Hall–Kier alpha value is -3.99. The lowest BCUT2D eigenvalue weighted by Crippen LogP contribution is -2.44. The highest BCUT2D eigenvalue weighted by molar-refractivity contribution is 9.10. The van der Waals surface area contributed by atoms with Crippen molar-refractivity contribution >= 4 is 45.2 Å². The van der Waals surface area contributed by atoms with Crippen molar-refractivity contribution in [1.29, 1.82) is 0 Å². The van der Waals surface area contributed by atoms with E-state index in [0.717, 1.165) is 15.6 Å². The molecule has 1 saturated heterocycles. The Bertz CT molecular complexity index is 1530. The molecular weight excluding hydrogens is 614 g/mol. The summed E-state index contributed by atoms with van der Waals surface area (Å²) in [6, 6.07) is 22.3. The summed E-state index contributed by atoms with van der Waals surface area (Å²) in [6.45, 7) is 3.15. The van der Waals surface area contributed by atoms with Gasteiger partial charge >= 0.3 is 6.09 Å². The van der Waals surface area contributed by atoms with Gasteiger partial charge in [0.15, 0.2) is 5.60 Å². The number of fused-ring (bicyclic) bond motifs is 1. The number of ether oxygens (including phenoxy) is 1. The van der Waals surface area contributed by atoms with Crippen molar-refractivity contribution in [3.05, 3.63) is 106 Å². The lowest BCUT2D eigenvalue weighted by Gasteiger charge is -2.28. The molecule has 3 aromatic rings. The third kappa shape index (κ3) is 6.36. The van der Waals surface area contributed by atoms with E-state index in [1.807, 2.05) is 60.7 Å². The van der Waals surface area contributed by atoms with Crippen LogP contribution in [-0.4, -0.2) is 59.3 Å². The van der Waals surface area contributed by atoms with Gasteiger partial charge in [-0.2, -0.15) is 0 Å². The number of nitrogens with zero attached hydrogens (tertiary/aromatic N) is 3. The van der Waals surface area contributed by atoms with E-state index in [4.69, 9.17) is 4.74 Å². The monoisotopic (exact) mass is 647 g/mol. The van der Waals surface area contributed by atoms with E-state index in [1.165, 1.54) is 0 Å². The van der Waals surface area contributed by atoms with E-state index in [1.54, 1.807) is 45.9 Å². The fourth-order valence-corrected chi connectivity index (χ4v) is 5.93. The zero-order valence-corrected chi connectivity index (χ0v) is 25.4. The number of aliphatic hydroxyl groups is 2. The van der Waals surface area contributed by atoms with Crippen LogP contribution in [0.3, 0.4) is 0 Å². The van der Waals surface area contributed by atoms with Crippen LogP contribution in [0.4, 0.5) is 16.2 Å². The number of benzene rings is 3. The van der Waals surface area contributed by atoms with E-state index < -0.39 is 23.5 Å². The second-order valence-electron chi connectivity index (χ2n) is 10.7. The fraction of sp³-hybridized carbons (Fsp3) is 0.303. The van der Waals surface area contributed by atoms with E-state index >= 15 is 0 Å². The lowest BCUT2D eigenvalue weighted by atomic mass is 9.83. The van der Waals surface area contributed by atoms with E-state index in [9.17, 15) is 24.6 Å². The summed E-state index contributed by atoms with van der Waals surface area (Å²) in [6.07, 6.45) is 3.02. The smallest absolute Gasteiger partial charge is 0.414 e. The number of aliphatic hydroxyl groups excluding tert-OH is 1. The van der Waals surface area contributed by atoms with Crippen LogP contribution >= 0.6 is 15.9 Å². The van der Waals surface area contributed by atoms with Crippen LogP contribution in [0.2, 0.25) is 0 Å². The van der Waals surface area contributed by atoms with Crippen molar-refractivity contribution in [1.82, 2.24) is 4.90 Å². The average molecular weight is 649 g/mol. The summed E-state index contributed by atoms with van der Waals surface area (Å²) in [5.41, 5.74) is 1.64. The summed E-state index contributed by atoms with van der Waals surface area (Å²) in [4.78, 5) is 43.8. The summed E-state index contributed by atoms with van der Waals surface area (Å²) >= 11 is 3.48. The number of halogens is 1. The maximum absolute atomic E-state index is 14.0. The van der Waals surface area contributed by atoms with E-state index in [0.29, 0.717) is 36.6 Å². The molecule has 2 heterocycles. The molecule has 0 unspecified atom stereocenters. The molecule has 224 valence electrons. The number of amides is 3. The average Bonchev–Trinajstić information content (AvgIpc) is 3.53. The van der Waals surface area contributed by atoms with Gasteiger partial charge in [0.2, 0.25) is 5.91 Å². The second-order valence-corrected chi connectivity index (χ2v) is 11.6. The Labute approximate surface area is 259 Å². The van der Waals surface area contributed by atoms with Gasteiger partial charge < -0.3 is 24.7 Å². The number of rotatable bonds is 11. The number of hydrogen-bond acceptors (Lipinski definition) is 6. The van der Waals surface area contributed by atoms with Crippen molar-refractivity contribution in [2.45, 2.75) is 32.0 Å². The summed E-state index contributed by atoms with van der Waals surface area (Å²) in [7, 11) is 0. The first-order valence-electron chi connectivity index (χ1n) is 14.2. The van der Waals surface area contributed by atoms with Crippen molar-refractivity contribution in [2.24, 2.45) is 5.92 Å². The number of hydrogen-bond donors (Lipinski definition) is 2. The molecule has 5 rings (SSSR count). The van der Waals surface area contributed by atoms with Gasteiger partial charge in [-0.3, -0.25) is 14.5 Å². The maximum Gasteiger partial charge on any atom is 0.414 e. The molecule has 0 radical (unpaired) electrons. The molecular formula is C33H34BrN3O6. The topological polar surface area (TPSA) is 111 Å². The van der Waals surface area contributed by atoms with Crippen LogP contribution in [-0.2, 0) is 33.0 Å². The van der Waals surface area contributed by atoms with Gasteiger partial charge in [-0.25, -0.2) is 4.79 Å². The molecule has 1 fully saturated rings. The van der Waals surface area contributed by atoms with Gasteiger partial charge in [-0.15, -0.1) is 0 Å². The van der Waals surface area contributed by atoms with Gasteiger partial charge in [-0.1, -0.05) is 77.5 Å². The summed E-state index contributed by atoms with van der Waals surface area (Å²) in [5, 5.41) is 21.5. The van der Waals surface area contributed by atoms with Crippen LogP contribution in [0, 0.1) is 5.92 Å². The summed E-state index contributed by atoms with van der Waals surface area (Å²) in [5.74, 6) is -1.30. The minimum atomic E-state index is -1.86. The molecule has 2 aliphatic heterocycles. The number of carbonyl (C=O) groups excluding carboxylic acids is 3. The Morgan fingerprint density at radius 3 is 2.58 bits per heavy atom. The van der Waals surface area contributed by atoms with E-state index in [-0.39, 0.29) is 32.0 Å². The zero-order chi connectivity index (χ0) is 30.6. The van der Waals surface area contributed by atoms with Gasteiger partial charge in [-0.05, 0) is 41.5 Å². The molecule has 10 heteroatoms. The van der Waals surface area contributed by atoms with E-state index in [2.05, 4.69) is 15.9 Å². The summed E-state index contributed by atoms with van der Waals surface area (Å²) < 4.78 is 5.79. The van der Waals surface area contributed by atoms with Crippen molar-refractivity contribution in [3.8, 4) is 0 Å². The van der Waals surface area contributed by atoms with Crippen molar-refractivity contribution in [3.63, 3.8) is 0 Å². The molecule has 0 saturated carbocycles. The first kappa shape index (κ1) is 30.5. The minimum Gasteiger partial charge on any atom is -0.447 e. The fourth-order valence-electron chi connectivity index (χ4n) is 5.57. The predicted molar refractivity (Wildman–Crippen MR) is 166 cm³/mol. The molecule has 3 aromatic carbocycles. The molecule has 43 heavy (non-hydrogen) atoms. The molecule has 2 atom stereocenters. The Kier molecular flexibility index (Phi) is 9.29. The second kappa shape index (κ2) is 13.1. The molecule has 9 nitrogen and oxygen atoms in total. The van der Waals surface area contributed by atoms with Crippen molar-refractivity contribution < 1.29 is 29.3 Å². The Balaban J connectivity index is 1.34. The number of anilines is 2. The molecule has 2 aliphatic rings. The first-order valence-corrected chi connectivity index (χ1v) is 15.0. The Morgan fingerprint density at radius 1 is 1.09 bits per heavy atom. The SMILES string of the molecule is C[C@H](/C=C/CC(=O)N(CCO)Cc1ccccc1)[C@@]1(O)C(=O)N(Cc2cccc(N3CCOC3=O)c2)c2ccc(Br)cc21. The van der Waals surface area contributed by atoms with Crippen LogP contribution in [0.5, 0.6) is 0 Å². The van der Waals surface area contributed by atoms with Gasteiger partial charge in [0.05, 0.1) is 25.4 Å². The Morgan fingerprint density at radius 2 is 1.86 bits per heavy atom. The number of cyclic esters (lactones) is 1. The van der Waals surface area contributed by atoms with Gasteiger partial charge in [0, 0.05) is 41.2 Å². The highest BCUT2D eigenvalue weighted by Crippen LogP contribution is 2.46. The maximum atomic E-state index is 14.0. The van der Waals surface area contributed by atoms with Crippen LogP contribution in [0.25, 0.3) is 0 Å². The van der Waals surface area contributed by atoms with Gasteiger partial charge in [0.1, 0.15) is 6.61 Å². The zero-order valence-electron chi connectivity index (χ0n) is 23.9. The first-order chi connectivity index (χ1) is 20.7. The molecule has 3 amide bonds. The van der Waals surface area contributed by atoms with Crippen LogP contribution in [0.1, 0.15) is 30.0 Å². The minimum absolute atomic E-state index is 0.0578. The standard InChI is InChI=1S/C33H34BrN3O6/c1-23(7-5-12-30(39)35(15-17-38)21-24-8-3-2-4-9-24)33(42)28-20-26(34)13-14-29(28)37(31(33)40)22-25-10-6-11-27(19-25)36-16-18-43-32(36)41/h2-11,13-14,19-20,23,38,42H,12,15-18,21-22H2,1H3/b7-5+/t23-,33+/m1/s1. The highest BCUT2D eigenvalue weighted by Gasteiger charge is 2.52. The van der Waals surface area contributed by atoms with Crippen molar-refractivity contribution in [2.75, 3.05) is 36.1 Å². The van der Waals surface area contributed by atoms with Crippen LogP contribution in [0.15, 0.2) is 89.4 Å².